The number of Topliss-reactive ketones (excluding diaryl/α,β-unsaturated/α-hetero) is 1. The first-order valence-corrected chi connectivity index (χ1v) is 13.4. The number of nitrogens with zero attached hydrogens (tertiary/aromatic N) is 2. The maximum Gasteiger partial charge on any atom is 0.261 e. The fourth-order valence-corrected chi connectivity index (χ4v) is 4.13. The number of hydrogen-bond donors (Lipinski definition) is 1. The number of rotatable bonds is 8. The van der Waals surface area contributed by atoms with Crippen LogP contribution < -0.4 is 9.47 Å². The van der Waals surface area contributed by atoms with Crippen molar-refractivity contribution in [1.82, 2.24) is 10.1 Å². The number of methoxy groups -OCH3 is 1. The molecule has 0 radical (unpaired) electrons. The molecule has 196 valence electrons. The minimum Gasteiger partial charge on any atom is -0.493 e. The van der Waals surface area contributed by atoms with Gasteiger partial charge in [0.25, 0.3) is 10.1 Å². The summed E-state index contributed by atoms with van der Waals surface area (Å²) in [7, 11) is -2.09. The van der Waals surface area contributed by atoms with Crippen molar-refractivity contribution in [3.63, 3.8) is 0 Å². The molecule has 1 fully saturated rings. The monoisotopic (exact) mass is 522 g/mol. The van der Waals surface area contributed by atoms with Crippen molar-refractivity contribution in [3.05, 3.63) is 53.5 Å². The Morgan fingerprint density at radius 1 is 1.19 bits per heavy atom. The lowest BCUT2D eigenvalue weighted by Crippen LogP contribution is -2.34. The number of ether oxygens (including phenoxy) is 2. The molecule has 36 heavy (non-hydrogen) atoms. The zero-order chi connectivity index (χ0) is 26.3. The largest absolute Gasteiger partial charge is 0.493 e. The average molecular weight is 523 g/mol. The van der Waals surface area contributed by atoms with Gasteiger partial charge in [0.15, 0.2) is 22.9 Å². The second kappa shape index (κ2) is 12.3. The molecule has 9 nitrogen and oxygen atoms in total. The number of benzene rings is 2. The van der Waals surface area contributed by atoms with E-state index >= 15 is 0 Å². The Morgan fingerprint density at radius 3 is 2.53 bits per heavy atom. The third-order valence-electron chi connectivity index (χ3n) is 5.88. The summed E-state index contributed by atoms with van der Waals surface area (Å²) in [6.07, 6.45) is 3.61. The first-order chi connectivity index (χ1) is 17.0. The van der Waals surface area contributed by atoms with Gasteiger partial charge < -0.3 is 18.9 Å². The van der Waals surface area contributed by atoms with Gasteiger partial charge in [-0.15, -0.1) is 0 Å². The Morgan fingerprint density at radius 2 is 1.89 bits per heavy atom. The van der Waals surface area contributed by atoms with Crippen LogP contribution in [-0.4, -0.2) is 68.4 Å². The molecule has 1 aromatic heterocycles. The highest BCUT2D eigenvalue weighted by Crippen LogP contribution is 2.33. The molecule has 3 aromatic rings. The number of carbonyl (C=O) groups excluding carboxylic acids is 1. The minimum absolute atomic E-state index is 0.000894. The molecule has 0 aliphatic carbocycles. The van der Waals surface area contributed by atoms with E-state index in [1.807, 2.05) is 0 Å². The lowest BCUT2D eigenvalue weighted by Gasteiger charge is -2.31. The normalized spacial score (nSPS) is 14.8. The van der Waals surface area contributed by atoms with Gasteiger partial charge in [0, 0.05) is 29.5 Å². The van der Waals surface area contributed by atoms with Crippen molar-refractivity contribution in [2.24, 2.45) is 0 Å². The van der Waals surface area contributed by atoms with Gasteiger partial charge in [-0.2, -0.15) is 8.42 Å². The standard InChI is InChI=1S/C24H27FN2O4.CH4O3S/c1-16(28)18-4-7-21(23(14-18)29-2)30-13-3-10-27-11-8-17(9-12-27)24-20-6-5-19(25)15-22(20)31-26-24;1-5(2,3)4/h4-7,14-15,17H,3,8-13H2,1-2H3;1H3,(H,2,3,4). The number of likely N-dealkylation sites (tertiary alicyclic amines) is 1. The maximum atomic E-state index is 13.4. The Bertz CT molecular complexity index is 1280. The Labute approximate surface area is 209 Å². The summed E-state index contributed by atoms with van der Waals surface area (Å²) in [5.74, 6) is 1.26. The lowest BCUT2D eigenvalue weighted by atomic mass is 9.91. The van der Waals surface area contributed by atoms with Crippen molar-refractivity contribution in [2.75, 3.05) is 39.6 Å². The molecule has 1 N–H and O–H groups in total. The van der Waals surface area contributed by atoms with Crippen molar-refractivity contribution < 1.29 is 36.2 Å². The predicted octanol–water partition coefficient (Wildman–Crippen LogP) is 4.33. The van der Waals surface area contributed by atoms with Crippen LogP contribution in [0.5, 0.6) is 11.5 Å². The van der Waals surface area contributed by atoms with E-state index < -0.39 is 10.1 Å². The number of piperidine rings is 1. The van der Waals surface area contributed by atoms with Crippen LogP contribution in [0.3, 0.4) is 0 Å². The zero-order valence-electron chi connectivity index (χ0n) is 20.6. The van der Waals surface area contributed by atoms with Crippen LogP contribution >= 0.6 is 0 Å². The van der Waals surface area contributed by atoms with Crippen molar-refractivity contribution in [3.8, 4) is 11.5 Å². The van der Waals surface area contributed by atoms with Gasteiger partial charge >= 0.3 is 0 Å². The van der Waals surface area contributed by atoms with Gasteiger partial charge in [0.2, 0.25) is 0 Å². The van der Waals surface area contributed by atoms with E-state index in [1.165, 1.54) is 19.1 Å². The van der Waals surface area contributed by atoms with Crippen LogP contribution in [0.15, 0.2) is 40.9 Å². The van der Waals surface area contributed by atoms with Crippen LogP contribution in [0.4, 0.5) is 4.39 Å². The summed E-state index contributed by atoms with van der Waals surface area (Å²) in [5.41, 5.74) is 2.07. The smallest absolute Gasteiger partial charge is 0.261 e. The van der Waals surface area contributed by atoms with Crippen LogP contribution in [0.1, 0.15) is 48.2 Å². The molecule has 0 unspecified atom stereocenters. The summed E-state index contributed by atoms with van der Waals surface area (Å²) in [6.45, 7) is 5.03. The van der Waals surface area contributed by atoms with Crippen molar-refractivity contribution in [2.45, 2.75) is 32.1 Å². The molecule has 11 heteroatoms. The number of fused-ring (bicyclic) bond motifs is 1. The van der Waals surface area contributed by atoms with Crippen molar-refractivity contribution >= 4 is 26.9 Å². The van der Waals surface area contributed by atoms with E-state index in [9.17, 15) is 17.6 Å². The number of halogens is 1. The molecule has 0 bridgehead atoms. The third kappa shape index (κ3) is 8.00. The second-order valence-electron chi connectivity index (χ2n) is 8.68. The second-order valence-corrected chi connectivity index (χ2v) is 10.1. The minimum atomic E-state index is -3.67. The summed E-state index contributed by atoms with van der Waals surface area (Å²) < 4.78 is 55.8. The van der Waals surface area contributed by atoms with Crippen LogP contribution in [0.25, 0.3) is 11.0 Å². The molecule has 2 aromatic carbocycles. The molecule has 1 saturated heterocycles. The highest BCUT2D eigenvalue weighted by atomic mass is 32.2. The highest BCUT2D eigenvalue weighted by Gasteiger charge is 2.25. The third-order valence-corrected chi connectivity index (χ3v) is 5.88. The molecule has 4 rings (SSSR count). The van der Waals surface area contributed by atoms with Gasteiger partial charge in [0.05, 0.1) is 25.7 Å². The average Bonchev–Trinajstić information content (AvgIpc) is 3.24. The van der Waals surface area contributed by atoms with E-state index in [-0.39, 0.29) is 11.6 Å². The Balaban J connectivity index is 0.000000658. The first-order valence-electron chi connectivity index (χ1n) is 11.6. The summed E-state index contributed by atoms with van der Waals surface area (Å²) in [5, 5.41) is 5.13. The van der Waals surface area contributed by atoms with Gasteiger partial charge in [-0.1, -0.05) is 5.16 Å². The molecular weight excluding hydrogens is 491 g/mol. The van der Waals surface area contributed by atoms with E-state index in [0.717, 1.165) is 50.0 Å². The number of carbonyl (C=O) groups is 1. The van der Waals surface area contributed by atoms with Gasteiger partial charge in [-0.05, 0) is 69.6 Å². The molecule has 2 heterocycles. The molecule has 0 saturated carbocycles. The summed E-state index contributed by atoms with van der Waals surface area (Å²) in [6, 6.07) is 9.87. The maximum absolute atomic E-state index is 13.4. The number of aromatic nitrogens is 1. The molecule has 1 aliphatic heterocycles. The predicted molar refractivity (Wildman–Crippen MR) is 133 cm³/mol. The Hall–Kier alpha value is -3.02. The molecular formula is C25H31FN2O7S. The Kier molecular flexibility index (Phi) is 9.41. The molecule has 0 atom stereocenters. The topological polar surface area (TPSA) is 119 Å². The quantitative estimate of drug-likeness (QED) is 0.262. The fourth-order valence-electron chi connectivity index (χ4n) is 4.13. The van der Waals surface area contributed by atoms with E-state index in [4.69, 9.17) is 18.5 Å². The zero-order valence-corrected chi connectivity index (χ0v) is 21.4. The van der Waals surface area contributed by atoms with Gasteiger partial charge in [-0.3, -0.25) is 9.35 Å². The molecule has 0 amide bonds. The number of hydrogen-bond acceptors (Lipinski definition) is 8. The molecule has 0 spiro atoms. The van der Waals surface area contributed by atoms with E-state index in [1.54, 1.807) is 31.4 Å². The van der Waals surface area contributed by atoms with E-state index in [2.05, 4.69) is 10.1 Å². The van der Waals surface area contributed by atoms with Crippen LogP contribution in [0.2, 0.25) is 0 Å². The van der Waals surface area contributed by atoms with Crippen LogP contribution in [-0.2, 0) is 10.1 Å². The number of ketones is 1. The van der Waals surface area contributed by atoms with E-state index in [0.29, 0.717) is 41.4 Å². The fraction of sp³-hybridized carbons (Fsp3) is 0.440. The van der Waals surface area contributed by atoms with Crippen molar-refractivity contribution in [1.29, 1.82) is 0 Å². The van der Waals surface area contributed by atoms with Gasteiger partial charge in [-0.25, -0.2) is 4.39 Å². The lowest BCUT2D eigenvalue weighted by molar-refractivity contribution is 0.101. The SMILES string of the molecule is COc1cc(C(C)=O)ccc1OCCCN1CCC(c2noc3cc(F)ccc23)CC1.CS(=O)(=O)O. The first kappa shape index (κ1) is 27.6. The van der Waals surface area contributed by atoms with Crippen LogP contribution in [0, 0.1) is 5.82 Å². The van der Waals surface area contributed by atoms with Gasteiger partial charge in [0.1, 0.15) is 5.82 Å². The molecule has 1 aliphatic rings. The highest BCUT2D eigenvalue weighted by molar-refractivity contribution is 7.85. The summed E-state index contributed by atoms with van der Waals surface area (Å²) in [4.78, 5) is 13.9. The summed E-state index contributed by atoms with van der Waals surface area (Å²) >= 11 is 0.